The van der Waals surface area contributed by atoms with Gasteiger partial charge < -0.3 is 9.47 Å². The van der Waals surface area contributed by atoms with Gasteiger partial charge in [0.15, 0.2) is 0 Å². The zero-order chi connectivity index (χ0) is 23.2. The molecule has 9 heteroatoms. The van der Waals surface area contributed by atoms with Crippen LogP contribution in [0.3, 0.4) is 0 Å². The van der Waals surface area contributed by atoms with Crippen molar-refractivity contribution in [2.75, 3.05) is 25.1 Å². The summed E-state index contributed by atoms with van der Waals surface area (Å²) in [5.74, 6) is 0.162. The Labute approximate surface area is 183 Å². The number of nitrogens with zero attached hydrogens (tertiary/aromatic N) is 2. The van der Waals surface area contributed by atoms with E-state index >= 15 is 0 Å². The van der Waals surface area contributed by atoms with E-state index in [0.29, 0.717) is 11.5 Å². The fraction of sp³-hybridized carbons (Fsp3) is 0.364. The fourth-order valence-corrected chi connectivity index (χ4v) is 3.94. The van der Waals surface area contributed by atoms with Crippen molar-refractivity contribution in [1.82, 2.24) is 5.43 Å². The molecule has 0 heterocycles. The van der Waals surface area contributed by atoms with Crippen molar-refractivity contribution < 1.29 is 22.7 Å². The number of carbonyl (C=O) groups is 1. The third-order valence-electron chi connectivity index (χ3n) is 4.71. The van der Waals surface area contributed by atoms with Crippen LogP contribution in [-0.2, 0) is 14.8 Å². The summed E-state index contributed by atoms with van der Waals surface area (Å²) in [6, 6.07) is 12.6. The molecule has 1 amide bonds. The van der Waals surface area contributed by atoms with Gasteiger partial charge in [-0.1, -0.05) is 39.0 Å². The number of rotatable bonds is 8. The lowest BCUT2D eigenvalue weighted by Gasteiger charge is -2.25. The van der Waals surface area contributed by atoms with Gasteiger partial charge in [0.2, 0.25) is 0 Å². The van der Waals surface area contributed by atoms with Crippen LogP contribution in [0.4, 0.5) is 5.69 Å². The van der Waals surface area contributed by atoms with Gasteiger partial charge in [-0.15, -0.1) is 0 Å². The van der Waals surface area contributed by atoms with Crippen LogP contribution in [0, 0.1) is 5.41 Å². The van der Waals surface area contributed by atoms with Gasteiger partial charge in [0.25, 0.3) is 15.9 Å². The van der Waals surface area contributed by atoms with E-state index in [2.05, 4.69) is 10.5 Å². The fourth-order valence-electron chi connectivity index (χ4n) is 2.49. The van der Waals surface area contributed by atoms with Crippen LogP contribution < -0.4 is 19.2 Å². The van der Waals surface area contributed by atoms with E-state index < -0.39 is 22.5 Å². The van der Waals surface area contributed by atoms with Gasteiger partial charge in [-0.25, -0.2) is 13.8 Å². The molecule has 2 aromatic carbocycles. The third-order valence-corrected chi connectivity index (χ3v) is 6.48. The molecule has 0 spiro atoms. The van der Waals surface area contributed by atoms with Crippen LogP contribution in [0.15, 0.2) is 58.5 Å². The largest absolute Gasteiger partial charge is 0.497 e. The van der Waals surface area contributed by atoms with Crippen LogP contribution in [0.5, 0.6) is 11.5 Å². The van der Waals surface area contributed by atoms with Crippen LogP contribution in [-0.4, -0.2) is 40.8 Å². The Morgan fingerprint density at radius 1 is 1.06 bits per heavy atom. The SMILES string of the molecule is COc1ccc(N(CC(=O)N/N=C(/C)C(C)(C)C)S(=O)(=O)c2ccccc2)c(OC)c1. The first-order chi connectivity index (χ1) is 14.5. The normalized spacial score (nSPS) is 12.3. The average molecular weight is 448 g/mol. The number of methoxy groups -OCH3 is 2. The molecule has 1 N–H and O–H groups in total. The Hall–Kier alpha value is -3.07. The zero-order valence-electron chi connectivity index (χ0n) is 18.7. The third kappa shape index (κ3) is 5.97. The van der Waals surface area contributed by atoms with Crippen molar-refractivity contribution >= 4 is 27.3 Å². The first-order valence-electron chi connectivity index (χ1n) is 9.64. The Morgan fingerprint density at radius 2 is 1.71 bits per heavy atom. The molecule has 0 aliphatic carbocycles. The topological polar surface area (TPSA) is 97.3 Å². The molecule has 2 aromatic rings. The number of hydrogen-bond donors (Lipinski definition) is 1. The number of benzene rings is 2. The monoisotopic (exact) mass is 447 g/mol. The Kier molecular flexibility index (Phi) is 7.67. The van der Waals surface area contributed by atoms with E-state index in [1.54, 1.807) is 37.3 Å². The summed E-state index contributed by atoms with van der Waals surface area (Å²) in [6.07, 6.45) is 0. The van der Waals surface area contributed by atoms with Crippen molar-refractivity contribution in [2.45, 2.75) is 32.6 Å². The summed E-state index contributed by atoms with van der Waals surface area (Å²) >= 11 is 0. The lowest BCUT2D eigenvalue weighted by molar-refractivity contribution is -0.119. The highest BCUT2D eigenvalue weighted by atomic mass is 32.2. The van der Waals surface area contributed by atoms with Crippen LogP contribution >= 0.6 is 0 Å². The van der Waals surface area contributed by atoms with Crippen molar-refractivity contribution in [3.8, 4) is 11.5 Å². The lowest BCUT2D eigenvalue weighted by Crippen LogP contribution is -2.40. The van der Waals surface area contributed by atoms with E-state index in [1.165, 1.54) is 32.4 Å². The summed E-state index contributed by atoms with van der Waals surface area (Å²) in [5, 5.41) is 4.11. The molecule has 0 fully saturated rings. The molecule has 0 atom stereocenters. The zero-order valence-corrected chi connectivity index (χ0v) is 19.5. The first-order valence-corrected chi connectivity index (χ1v) is 11.1. The Balaban J connectivity index is 2.48. The van der Waals surface area contributed by atoms with Crippen molar-refractivity contribution in [3.05, 3.63) is 48.5 Å². The van der Waals surface area contributed by atoms with Gasteiger partial charge >= 0.3 is 0 Å². The number of ether oxygens (including phenoxy) is 2. The minimum absolute atomic E-state index is 0.0510. The second kappa shape index (κ2) is 9.82. The summed E-state index contributed by atoms with van der Waals surface area (Å²) in [7, 11) is -1.15. The number of carbonyl (C=O) groups excluding carboxylic acids is 1. The molecular weight excluding hydrogens is 418 g/mol. The molecule has 0 aliphatic heterocycles. The summed E-state index contributed by atoms with van der Waals surface area (Å²) in [5.41, 5.74) is 3.13. The average Bonchev–Trinajstić information content (AvgIpc) is 2.75. The minimum Gasteiger partial charge on any atom is -0.497 e. The van der Waals surface area contributed by atoms with Gasteiger partial charge in [-0.3, -0.25) is 9.10 Å². The number of hydrazone groups is 1. The molecule has 2 rings (SSSR count). The van der Waals surface area contributed by atoms with Crippen LogP contribution in [0.2, 0.25) is 0 Å². The predicted molar refractivity (Wildman–Crippen MR) is 121 cm³/mol. The molecule has 0 saturated heterocycles. The standard InChI is InChI=1S/C22H29N3O5S/c1-16(22(2,3)4)23-24-21(26)15-25(31(27,28)18-10-8-7-9-11-18)19-13-12-17(29-5)14-20(19)30-6/h7-14H,15H2,1-6H3,(H,24,26)/b23-16-. The molecule has 0 unspecified atom stereocenters. The van der Waals surface area contributed by atoms with Gasteiger partial charge in [0.1, 0.15) is 18.0 Å². The lowest BCUT2D eigenvalue weighted by atomic mass is 9.91. The summed E-state index contributed by atoms with van der Waals surface area (Å²) in [6.45, 7) is 7.21. The molecule has 168 valence electrons. The molecule has 0 aromatic heterocycles. The molecule has 0 saturated carbocycles. The van der Waals surface area contributed by atoms with Crippen molar-refractivity contribution in [3.63, 3.8) is 0 Å². The maximum Gasteiger partial charge on any atom is 0.264 e. The molecule has 8 nitrogen and oxygen atoms in total. The van der Waals surface area contributed by atoms with Crippen LogP contribution in [0.1, 0.15) is 27.7 Å². The van der Waals surface area contributed by atoms with E-state index in [0.717, 1.165) is 4.31 Å². The Bertz CT molecular complexity index is 1040. The molecule has 0 aliphatic rings. The number of hydrogen-bond acceptors (Lipinski definition) is 6. The van der Waals surface area contributed by atoms with E-state index in [9.17, 15) is 13.2 Å². The number of anilines is 1. The van der Waals surface area contributed by atoms with Gasteiger partial charge in [0.05, 0.1) is 24.8 Å². The second-order valence-electron chi connectivity index (χ2n) is 7.84. The maximum atomic E-state index is 13.4. The van der Waals surface area contributed by atoms with Crippen molar-refractivity contribution in [1.29, 1.82) is 0 Å². The highest BCUT2D eigenvalue weighted by molar-refractivity contribution is 7.92. The number of nitrogens with one attached hydrogen (secondary N) is 1. The maximum absolute atomic E-state index is 13.4. The molecule has 0 radical (unpaired) electrons. The second-order valence-corrected chi connectivity index (χ2v) is 9.71. The van der Waals surface area contributed by atoms with E-state index in [1.807, 2.05) is 20.8 Å². The predicted octanol–water partition coefficient (Wildman–Crippen LogP) is 3.44. The smallest absolute Gasteiger partial charge is 0.264 e. The Morgan fingerprint density at radius 3 is 2.26 bits per heavy atom. The van der Waals surface area contributed by atoms with Gasteiger partial charge in [-0.2, -0.15) is 5.10 Å². The van der Waals surface area contributed by atoms with E-state index in [-0.39, 0.29) is 21.7 Å². The van der Waals surface area contributed by atoms with Crippen LogP contribution in [0.25, 0.3) is 0 Å². The van der Waals surface area contributed by atoms with Crippen molar-refractivity contribution in [2.24, 2.45) is 10.5 Å². The molecule has 0 bridgehead atoms. The summed E-state index contributed by atoms with van der Waals surface area (Å²) in [4.78, 5) is 12.7. The summed E-state index contributed by atoms with van der Waals surface area (Å²) < 4.78 is 38.4. The quantitative estimate of drug-likeness (QED) is 0.494. The number of sulfonamides is 1. The van der Waals surface area contributed by atoms with Gasteiger partial charge in [0, 0.05) is 17.2 Å². The molecule has 31 heavy (non-hydrogen) atoms. The van der Waals surface area contributed by atoms with Gasteiger partial charge in [-0.05, 0) is 31.2 Å². The minimum atomic E-state index is -4.07. The molecular formula is C22H29N3O5S. The van der Waals surface area contributed by atoms with E-state index in [4.69, 9.17) is 9.47 Å². The first kappa shape index (κ1) is 24.2. The number of amides is 1. The highest BCUT2D eigenvalue weighted by Gasteiger charge is 2.29. The highest BCUT2D eigenvalue weighted by Crippen LogP contribution is 2.35.